The zero-order valence-corrected chi connectivity index (χ0v) is 22.9. The first-order valence-corrected chi connectivity index (χ1v) is 16.3. The summed E-state index contributed by atoms with van der Waals surface area (Å²) < 4.78 is 26.6. The highest BCUT2D eigenvalue weighted by Gasteiger charge is 2.55. The molecule has 1 saturated heterocycles. The van der Waals surface area contributed by atoms with Gasteiger partial charge in [0.15, 0.2) is 0 Å². The van der Waals surface area contributed by atoms with E-state index >= 15 is 0 Å². The van der Waals surface area contributed by atoms with Gasteiger partial charge in [-0.1, -0.05) is 60.7 Å². The van der Waals surface area contributed by atoms with Crippen molar-refractivity contribution in [2.24, 2.45) is 0 Å². The second-order valence-corrected chi connectivity index (χ2v) is 18.8. The number of nitrogens with zero attached hydrogens (tertiary/aromatic N) is 1. The number of carbonyl (C=O) groups is 1. The van der Waals surface area contributed by atoms with Gasteiger partial charge in [0.1, 0.15) is 17.0 Å². The van der Waals surface area contributed by atoms with Gasteiger partial charge in [-0.3, -0.25) is 4.79 Å². The predicted octanol–water partition coefficient (Wildman–Crippen LogP) is 5.22. The largest absolute Gasteiger partial charge is 0.597 e. The lowest BCUT2D eigenvalue weighted by Gasteiger charge is -2.50. The van der Waals surface area contributed by atoms with Crippen LogP contribution in [0.2, 0.25) is 30.7 Å². The third kappa shape index (κ3) is 6.28. The molecule has 1 aliphatic heterocycles. The van der Waals surface area contributed by atoms with Crippen LogP contribution in [0.5, 0.6) is 0 Å². The molecular weight excluding hydrogens is 466 g/mol. The summed E-state index contributed by atoms with van der Waals surface area (Å²) in [4.78, 5) is 11.8. The zero-order valence-electron chi connectivity index (χ0n) is 20.4. The molecule has 0 radical (unpaired) electrons. The molecule has 6 nitrogen and oxygen atoms in total. The molecule has 0 bridgehead atoms. The number of carboxylic acids is 1. The predicted molar refractivity (Wildman–Crippen MR) is 133 cm³/mol. The van der Waals surface area contributed by atoms with Crippen molar-refractivity contribution in [3.8, 4) is 0 Å². The molecule has 0 amide bonds. The second kappa shape index (κ2) is 10.8. The van der Waals surface area contributed by atoms with Crippen LogP contribution >= 0.6 is 11.6 Å². The molecule has 9 heteroatoms. The lowest BCUT2D eigenvalue weighted by Crippen LogP contribution is -2.64. The molecule has 182 valence electrons. The van der Waals surface area contributed by atoms with E-state index in [0.29, 0.717) is 36.8 Å². The van der Waals surface area contributed by atoms with Gasteiger partial charge in [0.25, 0.3) is 0 Å². The number of halogens is 1. The van der Waals surface area contributed by atoms with Gasteiger partial charge in [0.2, 0.25) is 0 Å². The van der Waals surface area contributed by atoms with Crippen LogP contribution in [-0.4, -0.2) is 59.3 Å². The number of hydrogen-bond donors (Lipinski definition) is 1. The van der Waals surface area contributed by atoms with Gasteiger partial charge in [-0.2, -0.15) is 0 Å². The number of benzene rings is 1. The second-order valence-electron chi connectivity index (χ2n) is 10.6. The standard InChI is InChI=1S/C23H38ClNO5SSi/c1-8-17(21(26)27)18-10-9-11-19(20(18)24)23(14-30-15-23)25(31(28)22(2,3)4)16-29-12-13-32(5,6)7/h9-11,17H,8,12-16H2,1-7H3,(H,26,27). The van der Waals surface area contributed by atoms with E-state index in [2.05, 4.69) is 19.6 Å². The van der Waals surface area contributed by atoms with Crippen LogP contribution in [0, 0.1) is 0 Å². The molecule has 1 aliphatic rings. The SMILES string of the molecule is CCC(C(=O)O)c1cccc(C2(N(COCC[Si](C)(C)C)[S+]([O-])C(C)(C)C)COC2)c1Cl. The van der Waals surface area contributed by atoms with Gasteiger partial charge in [0.05, 0.1) is 24.2 Å². The summed E-state index contributed by atoms with van der Waals surface area (Å²) in [7, 11) is -1.26. The van der Waals surface area contributed by atoms with Gasteiger partial charge < -0.3 is 19.1 Å². The number of ether oxygens (including phenoxy) is 2. The molecule has 2 atom stereocenters. The van der Waals surface area contributed by atoms with Crippen LogP contribution in [0.1, 0.15) is 51.2 Å². The Kier molecular flexibility index (Phi) is 9.29. The summed E-state index contributed by atoms with van der Waals surface area (Å²) in [5.74, 6) is -1.61. The summed E-state index contributed by atoms with van der Waals surface area (Å²) in [6.07, 6.45) is 0.430. The van der Waals surface area contributed by atoms with Gasteiger partial charge in [-0.15, -0.1) is 0 Å². The highest BCUT2D eigenvalue weighted by molar-refractivity contribution is 7.90. The first-order valence-electron chi connectivity index (χ1n) is 11.1. The Bertz CT molecular complexity index is 792. The van der Waals surface area contributed by atoms with Crippen LogP contribution in [0.4, 0.5) is 0 Å². The van der Waals surface area contributed by atoms with Crippen molar-refractivity contribution < 1.29 is 23.9 Å². The molecule has 32 heavy (non-hydrogen) atoms. The van der Waals surface area contributed by atoms with Crippen molar-refractivity contribution in [3.05, 3.63) is 34.3 Å². The number of carboxylic acid groups (broad SMARTS) is 1. The van der Waals surface area contributed by atoms with Crippen LogP contribution in [0.15, 0.2) is 18.2 Å². The van der Waals surface area contributed by atoms with Crippen molar-refractivity contribution in [2.45, 2.75) is 76.0 Å². The van der Waals surface area contributed by atoms with E-state index in [1.54, 1.807) is 6.07 Å². The molecule has 2 rings (SSSR count). The molecule has 0 saturated carbocycles. The first-order chi connectivity index (χ1) is 14.7. The molecule has 0 aromatic heterocycles. The average Bonchev–Trinajstić information content (AvgIpc) is 2.63. The molecule has 0 aliphatic carbocycles. The minimum absolute atomic E-state index is 0.189. The third-order valence-electron chi connectivity index (χ3n) is 5.70. The van der Waals surface area contributed by atoms with Crippen LogP contribution in [0.3, 0.4) is 0 Å². The normalized spacial score (nSPS) is 18.3. The number of hydrogen-bond acceptors (Lipinski definition) is 5. The smallest absolute Gasteiger partial charge is 0.311 e. The van der Waals surface area contributed by atoms with Crippen LogP contribution in [-0.2, 0) is 31.2 Å². The maximum absolute atomic E-state index is 13.6. The maximum atomic E-state index is 13.6. The Morgan fingerprint density at radius 3 is 2.44 bits per heavy atom. The molecule has 1 aromatic rings. The molecule has 1 aromatic carbocycles. The maximum Gasteiger partial charge on any atom is 0.311 e. The Labute approximate surface area is 201 Å². The van der Waals surface area contributed by atoms with Gasteiger partial charge in [-0.25, -0.2) is 0 Å². The van der Waals surface area contributed by atoms with E-state index in [-0.39, 0.29) is 6.73 Å². The molecular formula is C23H38ClNO5SSi. The summed E-state index contributed by atoms with van der Waals surface area (Å²) in [6.45, 7) is 15.9. The van der Waals surface area contributed by atoms with Crippen molar-refractivity contribution >= 4 is 37.0 Å². The molecule has 0 spiro atoms. The third-order valence-corrected chi connectivity index (χ3v) is 9.73. The zero-order chi connectivity index (χ0) is 24.3. The van der Waals surface area contributed by atoms with E-state index in [1.807, 2.05) is 44.1 Å². The van der Waals surface area contributed by atoms with Crippen molar-refractivity contribution in [1.29, 1.82) is 0 Å². The quantitative estimate of drug-likeness (QED) is 0.193. The lowest BCUT2D eigenvalue weighted by atomic mass is 9.84. The summed E-state index contributed by atoms with van der Waals surface area (Å²) >= 11 is 5.44. The molecule has 1 N–H and O–H groups in total. The summed E-state index contributed by atoms with van der Waals surface area (Å²) in [5, 5.41) is 10.1. The monoisotopic (exact) mass is 503 g/mol. The first kappa shape index (κ1) is 27.6. The van der Waals surface area contributed by atoms with Crippen molar-refractivity contribution in [1.82, 2.24) is 4.31 Å². The van der Waals surface area contributed by atoms with E-state index in [0.717, 1.165) is 11.6 Å². The number of aliphatic carboxylic acids is 1. The molecule has 1 heterocycles. The van der Waals surface area contributed by atoms with Gasteiger partial charge in [0, 0.05) is 31.6 Å². The fourth-order valence-corrected chi connectivity index (χ4v) is 6.16. The van der Waals surface area contributed by atoms with Crippen molar-refractivity contribution in [2.75, 3.05) is 26.6 Å². The Morgan fingerprint density at radius 2 is 2.00 bits per heavy atom. The average molecular weight is 504 g/mol. The van der Waals surface area contributed by atoms with E-state index < -0.39 is 41.6 Å². The fourth-order valence-electron chi connectivity index (χ4n) is 3.62. The van der Waals surface area contributed by atoms with Crippen LogP contribution < -0.4 is 0 Å². The lowest BCUT2D eigenvalue weighted by molar-refractivity contribution is -0.140. The Morgan fingerprint density at radius 1 is 1.38 bits per heavy atom. The van der Waals surface area contributed by atoms with Gasteiger partial charge in [-0.05, 0) is 38.8 Å². The fraction of sp³-hybridized carbons (Fsp3) is 0.696. The molecule has 1 fully saturated rings. The summed E-state index contributed by atoms with van der Waals surface area (Å²) in [5.41, 5.74) is 0.585. The highest BCUT2D eigenvalue weighted by Crippen LogP contribution is 2.45. The van der Waals surface area contributed by atoms with Crippen molar-refractivity contribution in [3.63, 3.8) is 0 Å². The minimum Gasteiger partial charge on any atom is -0.597 e. The van der Waals surface area contributed by atoms with Gasteiger partial charge >= 0.3 is 5.97 Å². The molecule has 2 unspecified atom stereocenters. The van der Waals surface area contributed by atoms with Crippen LogP contribution in [0.25, 0.3) is 0 Å². The Hall–Kier alpha value is -0.613. The van der Waals surface area contributed by atoms with E-state index in [9.17, 15) is 14.5 Å². The highest BCUT2D eigenvalue weighted by atomic mass is 35.5. The Balaban J connectivity index is 2.45. The van der Waals surface area contributed by atoms with E-state index in [1.165, 1.54) is 0 Å². The summed E-state index contributed by atoms with van der Waals surface area (Å²) in [6, 6.07) is 6.49. The topological polar surface area (TPSA) is 82.1 Å². The minimum atomic E-state index is -1.39. The van der Waals surface area contributed by atoms with E-state index in [4.69, 9.17) is 21.1 Å². The number of rotatable bonds is 11.